The van der Waals surface area contributed by atoms with Gasteiger partial charge in [-0.2, -0.15) is 8.42 Å². The van der Waals surface area contributed by atoms with Crippen LogP contribution in [0.5, 0.6) is 0 Å². The van der Waals surface area contributed by atoms with E-state index in [2.05, 4.69) is 24.0 Å². The standard InChI is InChI=1S/C11H8N4O3S2/c16-20(17,14-9-6-12-18-7-9)11-10(19-15-13-11)8-4-2-1-3-5-8/h1-7,14H. The topological polar surface area (TPSA) is 98.0 Å². The van der Waals surface area contributed by atoms with E-state index in [9.17, 15) is 8.42 Å². The van der Waals surface area contributed by atoms with Gasteiger partial charge >= 0.3 is 0 Å². The van der Waals surface area contributed by atoms with Crippen LogP contribution in [0.25, 0.3) is 10.4 Å². The highest BCUT2D eigenvalue weighted by molar-refractivity contribution is 7.92. The zero-order chi connectivity index (χ0) is 14.0. The van der Waals surface area contributed by atoms with Gasteiger partial charge in [0.2, 0.25) is 5.03 Å². The number of sulfonamides is 1. The number of benzene rings is 1. The smallest absolute Gasteiger partial charge is 0.282 e. The quantitative estimate of drug-likeness (QED) is 0.791. The predicted octanol–water partition coefficient (Wildman–Crippen LogP) is 1.99. The molecule has 3 rings (SSSR count). The molecule has 2 heterocycles. The van der Waals surface area contributed by atoms with Gasteiger partial charge in [0.25, 0.3) is 10.0 Å². The summed E-state index contributed by atoms with van der Waals surface area (Å²) in [5.41, 5.74) is 0.977. The highest BCUT2D eigenvalue weighted by Crippen LogP contribution is 2.29. The van der Waals surface area contributed by atoms with Gasteiger partial charge in [-0.3, -0.25) is 4.72 Å². The molecule has 0 aliphatic carbocycles. The highest BCUT2D eigenvalue weighted by Gasteiger charge is 2.24. The maximum atomic E-state index is 12.3. The second-order valence-electron chi connectivity index (χ2n) is 3.79. The van der Waals surface area contributed by atoms with Crippen LogP contribution < -0.4 is 4.72 Å². The van der Waals surface area contributed by atoms with E-state index in [-0.39, 0.29) is 10.7 Å². The van der Waals surface area contributed by atoms with Gasteiger partial charge in [-0.25, -0.2) is 0 Å². The molecule has 0 atom stereocenters. The molecule has 7 nitrogen and oxygen atoms in total. The summed E-state index contributed by atoms with van der Waals surface area (Å²) in [5.74, 6) is 0. The fourth-order valence-electron chi connectivity index (χ4n) is 1.58. The van der Waals surface area contributed by atoms with Crippen LogP contribution >= 0.6 is 11.5 Å². The van der Waals surface area contributed by atoms with Crippen molar-refractivity contribution in [3.8, 4) is 10.4 Å². The van der Waals surface area contributed by atoms with Gasteiger partial charge < -0.3 is 4.52 Å². The van der Waals surface area contributed by atoms with E-state index >= 15 is 0 Å². The summed E-state index contributed by atoms with van der Waals surface area (Å²) in [6.45, 7) is 0. The van der Waals surface area contributed by atoms with Gasteiger partial charge in [-0.1, -0.05) is 40.0 Å². The molecule has 0 radical (unpaired) electrons. The van der Waals surface area contributed by atoms with Gasteiger partial charge in [-0.05, 0) is 17.1 Å². The Labute approximate surface area is 118 Å². The Morgan fingerprint density at radius 1 is 1.20 bits per heavy atom. The molecule has 0 fully saturated rings. The first-order valence-corrected chi connectivity index (χ1v) is 7.72. The van der Waals surface area contributed by atoms with Crippen molar-refractivity contribution in [2.45, 2.75) is 5.03 Å². The van der Waals surface area contributed by atoms with E-state index in [4.69, 9.17) is 0 Å². The largest absolute Gasteiger partial charge is 0.362 e. The van der Waals surface area contributed by atoms with Crippen LogP contribution in [0, 0.1) is 0 Å². The summed E-state index contributed by atoms with van der Waals surface area (Å²) in [5, 5.41) is 7.03. The average molecular weight is 308 g/mol. The molecule has 1 N–H and O–H groups in total. The van der Waals surface area contributed by atoms with Crippen LogP contribution in [-0.2, 0) is 10.0 Å². The molecule has 1 aromatic carbocycles. The molecule has 9 heteroatoms. The normalized spacial score (nSPS) is 11.4. The van der Waals surface area contributed by atoms with Crippen LogP contribution in [0.3, 0.4) is 0 Å². The number of anilines is 1. The number of aromatic nitrogens is 3. The molecule has 3 aromatic rings. The molecule has 0 saturated heterocycles. The minimum absolute atomic E-state index is 0.116. The van der Waals surface area contributed by atoms with E-state index in [0.29, 0.717) is 4.88 Å². The van der Waals surface area contributed by atoms with Gasteiger partial charge in [0, 0.05) is 0 Å². The first-order valence-electron chi connectivity index (χ1n) is 5.47. The molecule has 20 heavy (non-hydrogen) atoms. The number of nitrogens with zero attached hydrogens (tertiary/aromatic N) is 3. The summed E-state index contributed by atoms with van der Waals surface area (Å²) in [4.78, 5) is 0.481. The van der Waals surface area contributed by atoms with Crippen LogP contribution in [0.1, 0.15) is 0 Å². The molecule has 0 aliphatic rings. The zero-order valence-corrected chi connectivity index (χ0v) is 11.6. The van der Waals surface area contributed by atoms with Gasteiger partial charge in [0.1, 0.15) is 12.0 Å². The summed E-state index contributed by atoms with van der Waals surface area (Å²) in [6.07, 6.45) is 2.46. The summed E-state index contributed by atoms with van der Waals surface area (Å²) < 4.78 is 35.2. The molecule has 0 amide bonds. The second kappa shape index (κ2) is 5.02. The van der Waals surface area contributed by atoms with Gasteiger partial charge in [0.15, 0.2) is 0 Å². The SMILES string of the molecule is O=S(=O)(Nc1cnoc1)c1nnsc1-c1ccccc1. The van der Waals surface area contributed by atoms with Crippen LogP contribution in [0.15, 0.2) is 52.3 Å². The van der Waals surface area contributed by atoms with E-state index in [1.165, 1.54) is 12.5 Å². The van der Waals surface area contributed by atoms with Crippen molar-refractivity contribution in [1.29, 1.82) is 0 Å². The Morgan fingerprint density at radius 2 is 2.00 bits per heavy atom. The lowest BCUT2D eigenvalue weighted by Gasteiger charge is -2.04. The lowest BCUT2D eigenvalue weighted by molar-refractivity contribution is 0.420. The van der Waals surface area contributed by atoms with Crippen molar-refractivity contribution >= 4 is 27.2 Å². The van der Waals surface area contributed by atoms with E-state index < -0.39 is 10.0 Å². The Kier molecular flexibility index (Phi) is 3.20. The molecule has 0 unspecified atom stereocenters. The number of hydrogen-bond acceptors (Lipinski definition) is 7. The molecule has 0 bridgehead atoms. The number of hydrogen-bond donors (Lipinski definition) is 1. The van der Waals surface area contributed by atoms with E-state index in [0.717, 1.165) is 17.1 Å². The van der Waals surface area contributed by atoms with Crippen LogP contribution in [0.2, 0.25) is 0 Å². The average Bonchev–Trinajstić information content (AvgIpc) is 3.09. The van der Waals surface area contributed by atoms with E-state index in [1.54, 1.807) is 12.1 Å². The third-order valence-corrected chi connectivity index (χ3v) is 4.64. The van der Waals surface area contributed by atoms with Crippen molar-refractivity contribution in [3.63, 3.8) is 0 Å². The lowest BCUT2D eigenvalue weighted by atomic mass is 10.2. The van der Waals surface area contributed by atoms with Crippen molar-refractivity contribution in [2.24, 2.45) is 0 Å². The fraction of sp³-hybridized carbons (Fsp3) is 0. The zero-order valence-electron chi connectivity index (χ0n) is 9.92. The molecule has 0 aliphatic heterocycles. The van der Waals surface area contributed by atoms with Crippen molar-refractivity contribution in [3.05, 3.63) is 42.8 Å². The van der Waals surface area contributed by atoms with Crippen molar-refractivity contribution in [1.82, 2.24) is 14.7 Å². The number of nitrogens with one attached hydrogen (secondary N) is 1. The van der Waals surface area contributed by atoms with Crippen LogP contribution in [0.4, 0.5) is 5.69 Å². The van der Waals surface area contributed by atoms with Gasteiger partial charge in [0.05, 0.1) is 11.1 Å². The minimum Gasteiger partial charge on any atom is -0.362 e. The molecular formula is C11H8N4O3S2. The maximum absolute atomic E-state index is 12.3. The van der Waals surface area contributed by atoms with Crippen molar-refractivity contribution in [2.75, 3.05) is 4.72 Å². The molecule has 2 aromatic heterocycles. The Balaban J connectivity index is 2.01. The molecule has 102 valence electrons. The highest BCUT2D eigenvalue weighted by atomic mass is 32.2. The van der Waals surface area contributed by atoms with Crippen molar-refractivity contribution < 1.29 is 12.9 Å². The first kappa shape index (κ1) is 12.8. The molecule has 0 spiro atoms. The molecular weight excluding hydrogens is 300 g/mol. The number of rotatable bonds is 4. The van der Waals surface area contributed by atoms with E-state index in [1.807, 2.05) is 18.2 Å². The third-order valence-electron chi connectivity index (χ3n) is 2.43. The predicted molar refractivity (Wildman–Crippen MR) is 72.7 cm³/mol. The maximum Gasteiger partial charge on any atom is 0.282 e. The molecule has 0 saturated carbocycles. The second-order valence-corrected chi connectivity index (χ2v) is 6.14. The monoisotopic (exact) mass is 308 g/mol. The summed E-state index contributed by atoms with van der Waals surface area (Å²) in [6, 6.07) is 9.08. The Hall–Kier alpha value is -2.26. The first-order chi connectivity index (χ1) is 9.67. The minimum atomic E-state index is -3.83. The van der Waals surface area contributed by atoms with Gasteiger partial charge in [-0.15, -0.1) is 5.10 Å². The van der Waals surface area contributed by atoms with Crippen LogP contribution in [-0.4, -0.2) is 23.2 Å². The third kappa shape index (κ3) is 2.40. The Morgan fingerprint density at radius 3 is 2.70 bits per heavy atom. The summed E-state index contributed by atoms with van der Waals surface area (Å²) >= 11 is 1.02. The Bertz CT molecular complexity index is 797. The fourth-order valence-corrected chi connectivity index (χ4v) is 3.66. The lowest BCUT2D eigenvalue weighted by Crippen LogP contribution is -2.13. The summed E-state index contributed by atoms with van der Waals surface area (Å²) in [7, 11) is -3.83.